The number of ether oxygens (including phenoxy) is 3. The molecular formula is C35H60O7. The zero-order chi connectivity index (χ0) is 31.0. The van der Waals surface area contributed by atoms with Crippen LogP contribution >= 0.6 is 0 Å². The van der Waals surface area contributed by atoms with Gasteiger partial charge < -0.3 is 24.4 Å². The van der Waals surface area contributed by atoms with Gasteiger partial charge in [0.1, 0.15) is 6.10 Å². The Morgan fingerprint density at radius 2 is 1.67 bits per heavy atom. The van der Waals surface area contributed by atoms with Gasteiger partial charge in [0, 0.05) is 6.42 Å². The Labute approximate surface area is 254 Å². The van der Waals surface area contributed by atoms with Gasteiger partial charge in [0.05, 0.1) is 24.7 Å². The average Bonchev–Trinajstić information content (AvgIpc) is 3.29. The summed E-state index contributed by atoms with van der Waals surface area (Å²) in [6.07, 6.45) is 6.57. The molecule has 13 atom stereocenters. The van der Waals surface area contributed by atoms with E-state index in [0.29, 0.717) is 30.8 Å². The molecule has 0 amide bonds. The molecule has 4 fully saturated rings. The van der Waals surface area contributed by atoms with Crippen molar-refractivity contribution in [1.29, 1.82) is 0 Å². The topological polar surface area (TPSA) is 102 Å². The van der Waals surface area contributed by atoms with Gasteiger partial charge in [-0.05, 0) is 117 Å². The first-order valence-corrected chi connectivity index (χ1v) is 17.1. The fraction of sp³-hybridized carbons (Fsp3) is 0.943. The molecule has 4 aliphatic rings. The lowest BCUT2D eigenvalue weighted by Gasteiger charge is -2.63. The molecule has 2 N–H and O–H groups in total. The quantitative estimate of drug-likeness (QED) is 0.208. The van der Waals surface area contributed by atoms with E-state index in [1.165, 1.54) is 0 Å². The lowest BCUT2D eigenvalue weighted by Crippen LogP contribution is -2.62. The number of hydrogen-bond acceptors (Lipinski definition) is 7. The third-order valence-corrected chi connectivity index (χ3v) is 12.6. The van der Waals surface area contributed by atoms with E-state index in [2.05, 4.69) is 34.6 Å². The summed E-state index contributed by atoms with van der Waals surface area (Å²) in [6.45, 7) is 17.3. The first kappa shape index (κ1) is 33.7. The van der Waals surface area contributed by atoms with Crippen LogP contribution in [0.1, 0.15) is 120 Å². The molecule has 0 aliphatic heterocycles. The zero-order valence-corrected chi connectivity index (χ0v) is 27.6. The molecule has 42 heavy (non-hydrogen) atoms. The second-order valence-corrected chi connectivity index (χ2v) is 15.5. The summed E-state index contributed by atoms with van der Waals surface area (Å²) >= 11 is 0. The summed E-state index contributed by atoms with van der Waals surface area (Å²) in [5.41, 5.74) is -0.237. The highest BCUT2D eigenvalue weighted by Crippen LogP contribution is 2.68. The molecule has 242 valence electrons. The van der Waals surface area contributed by atoms with E-state index in [0.717, 1.165) is 57.8 Å². The fourth-order valence-electron chi connectivity index (χ4n) is 9.82. The van der Waals surface area contributed by atoms with Crippen molar-refractivity contribution in [1.82, 2.24) is 0 Å². The highest BCUT2D eigenvalue weighted by molar-refractivity contribution is 5.72. The van der Waals surface area contributed by atoms with Gasteiger partial charge >= 0.3 is 11.9 Å². The molecule has 4 rings (SSSR count). The number of fused-ring (bicyclic) bond motifs is 5. The number of aliphatic hydroxyl groups is 2. The number of aliphatic hydroxyl groups excluding tert-OH is 2. The smallest absolute Gasteiger partial charge is 0.308 e. The Morgan fingerprint density at radius 1 is 0.952 bits per heavy atom. The van der Waals surface area contributed by atoms with Gasteiger partial charge in [-0.2, -0.15) is 0 Å². The lowest BCUT2D eigenvalue weighted by atomic mass is 9.43. The Morgan fingerprint density at radius 3 is 2.33 bits per heavy atom. The molecule has 0 aromatic carbocycles. The van der Waals surface area contributed by atoms with E-state index < -0.39 is 18.5 Å². The SMILES string of the molecule is CCC(C)C(=O)OC1CC[C@@]2(C)C(C1)CC(O)C1C2CC(O)[C@]2(C)C(C(C)CCC(=O)OC(C)OCC(C)C)CCC12. The summed E-state index contributed by atoms with van der Waals surface area (Å²) in [5.74, 6) is 1.55. The Hall–Kier alpha value is -1.18. The first-order chi connectivity index (χ1) is 19.7. The second-order valence-electron chi connectivity index (χ2n) is 15.5. The monoisotopic (exact) mass is 592 g/mol. The van der Waals surface area contributed by atoms with E-state index in [9.17, 15) is 19.8 Å². The van der Waals surface area contributed by atoms with Gasteiger partial charge in [0.2, 0.25) is 0 Å². The van der Waals surface area contributed by atoms with Crippen molar-refractivity contribution in [2.45, 2.75) is 144 Å². The normalized spacial score (nSPS) is 41.7. The molecule has 4 aliphatic carbocycles. The maximum absolute atomic E-state index is 12.6. The predicted octanol–water partition coefficient (Wildman–Crippen LogP) is 6.52. The van der Waals surface area contributed by atoms with Gasteiger partial charge in [-0.1, -0.05) is 48.5 Å². The fourth-order valence-corrected chi connectivity index (χ4v) is 9.82. The third-order valence-electron chi connectivity index (χ3n) is 12.6. The van der Waals surface area contributed by atoms with E-state index >= 15 is 0 Å². The van der Waals surface area contributed by atoms with E-state index in [4.69, 9.17) is 14.2 Å². The van der Waals surface area contributed by atoms with Crippen LogP contribution in [0.4, 0.5) is 0 Å². The average molecular weight is 593 g/mol. The molecular weight excluding hydrogens is 532 g/mol. The highest BCUT2D eigenvalue weighted by Gasteiger charge is 2.65. The minimum absolute atomic E-state index is 0.0350. The largest absolute Gasteiger partial charge is 0.462 e. The standard InChI is InChI=1S/C35H60O7/c1-9-21(4)33(39)42-25-14-15-34(7)24(16-25)17-29(36)32-27-12-11-26(35(27,8)30(37)18-28(32)34)22(5)10-13-31(38)41-23(6)40-19-20(2)3/h20-30,32,36-37H,9-19H2,1-8H3/t21?,22?,23?,24?,25?,26?,27?,28?,29?,30?,32?,34-,35+/m0/s1. The molecule has 7 nitrogen and oxygen atoms in total. The summed E-state index contributed by atoms with van der Waals surface area (Å²) < 4.78 is 17.0. The molecule has 0 radical (unpaired) electrons. The Kier molecular flexibility index (Phi) is 10.8. The van der Waals surface area contributed by atoms with E-state index in [1.54, 1.807) is 6.92 Å². The van der Waals surface area contributed by atoms with Gasteiger partial charge in [-0.25, -0.2) is 0 Å². The minimum Gasteiger partial charge on any atom is -0.462 e. The molecule has 4 saturated carbocycles. The van der Waals surface area contributed by atoms with Gasteiger partial charge in [-0.3, -0.25) is 9.59 Å². The van der Waals surface area contributed by atoms with Crippen molar-refractivity contribution >= 4 is 11.9 Å². The lowest BCUT2D eigenvalue weighted by molar-refractivity contribution is -0.210. The third kappa shape index (κ3) is 6.59. The summed E-state index contributed by atoms with van der Waals surface area (Å²) in [4.78, 5) is 25.1. The summed E-state index contributed by atoms with van der Waals surface area (Å²) in [7, 11) is 0. The molecule has 0 aromatic heterocycles. The van der Waals surface area contributed by atoms with Gasteiger partial charge in [0.15, 0.2) is 6.29 Å². The van der Waals surface area contributed by atoms with Crippen LogP contribution in [0.25, 0.3) is 0 Å². The molecule has 0 heterocycles. The van der Waals surface area contributed by atoms with Crippen LogP contribution in [0.5, 0.6) is 0 Å². The van der Waals surface area contributed by atoms with Crippen LogP contribution < -0.4 is 0 Å². The van der Waals surface area contributed by atoms with E-state index in [-0.39, 0.29) is 58.5 Å². The summed E-state index contributed by atoms with van der Waals surface area (Å²) in [5, 5.41) is 23.6. The summed E-state index contributed by atoms with van der Waals surface area (Å²) in [6, 6.07) is 0. The Balaban J connectivity index is 1.40. The van der Waals surface area contributed by atoms with Crippen LogP contribution in [0.15, 0.2) is 0 Å². The van der Waals surface area contributed by atoms with Crippen molar-refractivity contribution in [2.24, 2.45) is 58.2 Å². The Bertz CT molecular complexity index is 936. The molecule has 0 saturated heterocycles. The molecule has 0 bridgehead atoms. The number of esters is 2. The predicted molar refractivity (Wildman–Crippen MR) is 162 cm³/mol. The van der Waals surface area contributed by atoms with Crippen LogP contribution in [-0.4, -0.2) is 53.4 Å². The second kappa shape index (κ2) is 13.4. The van der Waals surface area contributed by atoms with E-state index in [1.807, 2.05) is 13.8 Å². The van der Waals surface area contributed by atoms with Crippen LogP contribution in [0, 0.1) is 58.2 Å². The first-order valence-electron chi connectivity index (χ1n) is 17.1. The van der Waals surface area contributed by atoms with Gasteiger partial charge in [0.25, 0.3) is 0 Å². The number of carbonyl (C=O) groups excluding carboxylic acids is 2. The van der Waals surface area contributed by atoms with Crippen molar-refractivity contribution in [3.05, 3.63) is 0 Å². The molecule has 7 heteroatoms. The number of carbonyl (C=O) groups is 2. The molecule has 0 aromatic rings. The van der Waals surface area contributed by atoms with Crippen LogP contribution in [0.3, 0.4) is 0 Å². The molecule has 0 spiro atoms. The maximum Gasteiger partial charge on any atom is 0.308 e. The molecule has 11 unspecified atom stereocenters. The van der Waals surface area contributed by atoms with Crippen LogP contribution in [-0.2, 0) is 23.8 Å². The van der Waals surface area contributed by atoms with Crippen molar-refractivity contribution in [3.8, 4) is 0 Å². The van der Waals surface area contributed by atoms with Crippen molar-refractivity contribution in [3.63, 3.8) is 0 Å². The van der Waals surface area contributed by atoms with Gasteiger partial charge in [-0.15, -0.1) is 0 Å². The minimum atomic E-state index is -0.541. The highest BCUT2D eigenvalue weighted by atomic mass is 16.7. The van der Waals surface area contributed by atoms with Crippen molar-refractivity contribution < 1.29 is 34.0 Å². The van der Waals surface area contributed by atoms with Crippen molar-refractivity contribution in [2.75, 3.05) is 6.61 Å². The van der Waals surface area contributed by atoms with Crippen LogP contribution in [0.2, 0.25) is 0 Å². The zero-order valence-electron chi connectivity index (χ0n) is 27.6. The maximum atomic E-state index is 12.6. The number of rotatable bonds is 11. The number of hydrogen-bond donors (Lipinski definition) is 2.